The summed E-state index contributed by atoms with van der Waals surface area (Å²) in [4.78, 5) is 9.80. The lowest BCUT2D eigenvalue weighted by atomic mass is 9.55. The van der Waals surface area contributed by atoms with Crippen molar-refractivity contribution in [3.8, 4) is 5.75 Å². The van der Waals surface area contributed by atoms with Crippen LogP contribution in [0.15, 0.2) is 18.2 Å². The monoisotopic (exact) mass is 366 g/mol. The van der Waals surface area contributed by atoms with Gasteiger partial charge in [-0.3, -0.25) is 0 Å². The van der Waals surface area contributed by atoms with Gasteiger partial charge in [-0.2, -0.15) is 0 Å². The molecule has 0 aromatic heterocycles. The van der Waals surface area contributed by atoms with Crippen LogP contribution in [0.4, 0.5) is 0 Å². The van der Waals surface area contributed by atoms with E-state index in [0.717, 1.165) is 19.3 Å². The van der Waals surface area contributed by atoms with Crippen LogP contribution in [0.2, 0.25) is 0 Å². The van der Waals surface area contributed by atoms with Crippen molar-refractivity contribution >= 4 is 18.3 Å². The molecule has 132 valence electrons. The zero-order valence-electron chi connectivity index (χ0n) is 14.4. The highest BCUT2D eigenvalue weighted by Gasteiger charge is 2.54. The predicted octanol–water partition coefficient (Wildman–Crippen LogP) is 4.21. The van der Waals surface area contributed by atoms with Crippen LogP contribution in [0.3, 0.4) is 0 Å². The molecule has 24 heavy (non-hydrogen) atoms. The quantitative estimate of drug-likeness (QED) is 0.770. The smallest absolute Gasteiger partial charge is 0.232 e. The Hall–Kier alpha value is -0.410. The van der Waals surface area contributed by atoms with Gasteiger partial charge in [0.1, 0.15) is 5.75 Å². The molecule has 3 aliphatic carbocycles. The molecule has 6 atom stereocenters. The topological polar surface area (TPSA) is 49.7 Å². The molecular formula is C19H27O3PS. The first-order valence-electron chi connectivity index (χ1n) is 9.09. The molecule has 4 rings (SSSR count). The van der Waals surface area contributed by atoms with Crippen LogP contribution < -0.4 is 4.52 Å². The Labute approximate surface area is 149 Å². The molecule has 0 radical (unpaired) electrons. The van der Waals surface area contributed by atoms with E-state index in [9.17, 15) is 10.00 Å². The maximum absolute atomic E-state index is 10.5. The lowest BCUT2D eigenvalue weighted by molar-refractivity contribution is -0.0226. The molecule has 0 heterocycles. The molecule has 0 spiro atoms. The van der Waals surface area contributed by atoms with Gasteiger partial charge in [0.05, 0.1) is 6.10 Å². The van der Waals surface area contributed by atoms with Crippen LogP contribution in [0, 0.1) is 17.3 Å². The number of hydrogen-bond donors (Lipinski definition) is 2. The minimum absolute atomic E-state index is 0.112. The molecule has 0 saturated heterocycles. The highest BCUT2D eigenvalue weighted by Crippen LogP contribution is 2.61. The minimum atomic E-state index is -2.68. The Kier molecular flexibility index (Phi) is 4.12. The van der Waals surface area contributed by atoms with Crippen molar-refractivity contribution in [3.05, 3.63) is 29.3 Å². The Balaban J connectivity index is 1.62. The van der Waals surface area contributed by atoms with Crippen LogP contribution in [0.25, 0.3) is 0 Å². The van der Waals surface area contributed by atoms with Crippen molar-refractivity contribution in [2.75, 3.05) is 6.66 Å². The number of benzene rings is 1. The van der Waals surface area contributed by atoms with Gasteiger partial charge < -0.3 is 14.5 Å². The SMILES string of the molecule is C[C@]12CC[C@@H]3c4ccc(OP(C)(O)=S)cc4CC[C@H]3[C@@H]1CC[C@H]2O. The third-order valence-corrected chi connectivity index (χ3v) is 7.70. The first-order chi connectivity index (χ1) is 11.3. The van der Waals surface area contributed by atoms with Gasteiger partial charge in [0.2, 0.25) is 6.49 Å². The summed E-state index contributed by atoms with van der Waals surface area (Å²) >= 11 is 5.01. The maximum atomic E-state index is 10.5. The van der Waals surface area contributed by atoms with Crippen molar-refractivity contribution in [2.45, 2.75) is 57.5 Å². The number of rotatable bonds is 2. The average Bonchev–Trinajstić information content (AvgIpc) is 2.81. The summed E-state index contributed by atoms with van der Waals surface area (Å²) in [7, 11) is 0. The normalized spacial score (nSPS) is 40.2. The van der Waals surface area contributed by atoms with Gasteiger partial charge in [-0.1, -0.05) is 13.0 Å². The highest BCUT2D eigenvalue weighted by molar-refractivity contribution is 8.09. The molecule has 2 N–H and O–H groups in total. The number of fused-ring (bicyclic) bond motifs is 5. The number of aliphatic hydroxyl groups is 1. The summed E-state index contributed by atoms with van der Waals surface area (Å²) in [6.45, 7) is 1.22. The van der Waals surface area contributed by atoms with E-state index < -0.39 is 6.49 Å². The summed E-state index contributed by atoms with van der Waals surface area (Å²) < 4.78 is 5.55. The molecule has 1 aromatic rings. The lowest BCUT2D eigenvalue weighted by Gasteiger charge is -2.50. The Morgan fingerprint density at radius 2 is 2.04 bits per heavy atom. The molecule has 3 nitrogen and oxygen atoms in total. The van der Waals surface area contributed by atoms with E-state index in [1.165, 1.54) is 30.4 Å². The van der Waals surface area contributed by atoms with Crippen LogP contribution in [-0.2, 0) is 18.2 Å². The molecular weight excluding hydrogens is 339 g/mol. The third kappa shape index (κ3) is 2.76. The molecule has 3 aliphatic rings. The van der Waals surface area contributed by atoms with Crippen LogP contribution in [0.5, 0.6) is 5.75 Å². The van der Waals surface area contributed by atoms with E-state index in [-0.39, 0.29) is 11.5 Å². The summed E-state index contributed by atoms with van der Waals surface area (Å²) in [6, 6.07) is 6.25. The largest absolute Gasteiger partial charge is 0.444 e. The van der Waals surface area contributed by atoms with Gasteiger partial charge in [-0.25, -0.2) is 0 Å². The average molecular weight is 366 g/mol. The van der Waals surface area contributed by atoms with Gasteiger partial charge in [0, 0.05) is 6.66 Å². The van der Waals surface area contributed by atoms with Crippen molar-refractivity contribution in [1.82, 2.24) is 0 Å². The van der Waals surface area contributed by atoms with Gasteiger partial charge in [-0.15, -0.1) is 0 Å². The standard InChI is InChI=1S/C19H27O3PS/c1-19-10-9-15-14-6-4-13(22-23(2,21)24)11-12(14)3-5-16(15)17(19)7-8-18(19)20/h4,6,11,15-18,20H,3,5,7-10H2,1-2H3,(H,21,24)/t15-,16-,17+,18-,19+,23?/m1/s1. The second kappa shape index (κ2) is 5.81. The third-order valence-electron chi connectivity index (χ3n) is 6.92. The minimum Gasteiger partial charge on any atom is -0.444 e. The maximum Gasteiger partial charge on any atom is 0.232 e. The fourth-order valence-corrected chi connectivity index (χ4v) is 6.55. The fourth-order valence-electron chi connectivity index (χ4n) is 5.78. The molecule has 5 heteroatoms. The van der Waals surface area contributed by atoms with E-state index in [2.05, 4.69) is 19.1 Å². The van der Waals surface area contributed by atoms with Crippen molar-refractivity contribution in [1.29, 1.82) is 0 Å². The Morgan fingerprint density at radius 3 is 2.79 bits per heavy atom. The first-order valence-corrected chi connectivity index (χ1v) is 12.2. The van der Waals surface area contributed by atoms with Gasteiger partial charge >= 0.3 is 0 Å². The van der Waals surface area contributed by atoms with Gasteiger partial charge in [-0.05, 0) is 96.8 Å². The van der Waals surface area contributed by atoms with E-state index in [4.69, 9.17) is 16.3 Å². The number of aryl methyl sites for hydroxylation is 1. The Bertz CT molecular complexity index is 700. The van der Waals surface area contributed by atoms with Gasteiger partial charge in [0.25, 0.3) is 0 Å². The molecule has 0 amide bonds. The molecule has 0 aliphatic heterocycles. The fraction of sp³-hybridized carbons (Fsp3) is 0.684. The zero-order valence-corrected chi connectivity index (χ0v) is 16.2. The molecule has 0 bridgehead atoms. The van der Waals surface area contributed by atoms with Crippen LogP contribution in [0.1, 0.15) is 56.1 Å². The number of aliphatic hydroxyl groups excluding tert-OH is 1. The Morgan fingerprint density at radius 1 is 1.25 bits per heavy atom. The zero-order chi connectivity index (χ0) is 17.1. The second-order valence-electron chi connectivity index (χ2n) is 8.31. The summed E-state index contributed by atoms with van der Waals surface area (Å²) in [6.07, 6.45) is 6.61. The van der Waals surface area contributed by atoms with Crippen molar-refractivity contribution < 1.29 is 14.5 Å². The summed E-state index contributed by atoms with van der Waals surface area (Å²) in [5.41, 5.74) is 2.96. The van der Waals surface area contributed by atoms with Gasteiger partial charge in [0.15, 0.2) is 0 Å². The second-order valence-corrected chi connectivity index (χ2v) is 12.1. The first kappa shape index (κ1) is 17.0. The van der Waals surface area contributed by atoms with E-state index >= 15 is 0 Å². The predicted molar refractivity (Wildman–Crippen MR) is 100 cm³/mol. The number of hydrogen-bond acceptors (Lipinski definition) is 3. The van der Waals surface area contributed by atoms with E-state index in [0.29, 0.717) is 23.5 Å². The van der Waals surface area contributed by atoms with Crippen molar-refractivity contribution in [3.63, 3.8) is 0 Å². The molecule has 2 fully saturated rings. The van der Waals surface area contributed by atoms with E-state index in [1.807, 2.05) is 6.07 Å². The molecule has 1 aromatic carbocycles. The molecule has 2 saturated carbocycles. The van der Waals surface area contributed by atoms with E-state index in [1.54, 1.807) is 6.66 Å². The lowest BCUT2D eigenvalue weighted by Crippen LogP contribution is -2.43. The van der Waals surface area contributed by atoms with Crippen molar-refractivity contribution in [2.24, 2.45) is 17.3 Å². The summed E-state index contributed by atoms with van der Waals surface area (Å²) in [5, 5.41) is 10.5. The highest BCUT2D eigenvalue weighted by atomic mass is 32.5. The van der Waals surface area contributed by atoms with Crippen LogP contribution in [-0.4, -0.2) is 22.8 Å². The molecule has 1 unspecified atom stereocenters. The van der Waals surface area contributed by atoms with Crippen LogP contribution >= 0.6 is 6.49 Å². The summed E-state index contributed by atoms with van der Waals surface area (Å²) in [5.74, 6) is 2.69.